The Morgan fingerprint density at radius 3 is 2.95 bits per heavy atom. The Balaban J connectivity index is 2.01. The second-order valence-corrected chi connectivity index (χ2v) is 3.98. The predicted octanol–water partition coefficient (Wildman–Crippen LogP) is 0.952. The van der Waals surface area contributed by atoms with Crippen LogP contribution < -0.4 is 10.6 Å². The number of carbonyl (C=O) groups is 1. The van der Waals surface area contributed by atoms with Gasteiger partial charge in [-0.1, -0.05) is 24.3 Å². The van der Waals surface area contributed by atoms with Gasteiger partial charge in [-0.15, -0.1) is 10.2 Å². The van der Waals surface area contributed by atoms with Crippen LogP contribution in [0.1, 0.15) is 29.5 Å². The summed E-state index contributed by atoms with van der Waals surface area (Å²) in [5, 5.41) is 19.3. The highest BCUT2D eigenvalue weighted by Gasteiger charge is 2.10. The minimum absolute atomic E-state index is 0.163. The molecule has 1 amide bonds. The van der Waals surface area contributed by atoms with E-state index in [9.17, 15) is 4.79 Å². The van der Waals surface area contributed by atoms with E-state index in [2.05, 4.69) is 38.2 Å². The van der Waals surface area contributed by atoms with Gasteiger partial charge in [-0.05, 0) is 18.6 Å². The summed E-state index contributed by atoms with van der Waals surface area (Å²) in [6.45, 7) is 3.15. The van der Waals surface area contributed by atoms with E-state index in [-0.39, 0.29) is 12.5 Å². The molecule has 0 saturated carbocycles. The average Bonchev–Trinajstić information content (AvgIpc) is 2.96. The van der Waals surface area contributed by atoms with Crippen LogP contribution in [0.25, 0.3) is 0 Å². The Labute approximate surface area is 110 Å². The highest BCUT2D eigenvalue weighted by Crippen LogP contribution is 2.14. The van der Waals surface area contributed by atoms with Crippen molar-refractivity contribution in [2.45, 2.75) is 19.9 Å². The number of para-hydroxylation sites is 1. The molecule has 100 valence electrons. The molecule has 0 fully saturated rings. The lowest BCUT2D eigenvalue weighted by Gasteiger charge is -2.10. The third-order valence-electron chi connectivity index (χ3n) is 2.53. The maximum atomic E-state index is 12.1. The molecule has 7 heteroatoms. The molecule has 3 N–H and O–H groups in total. The lowest BCUT2D eigenvalue weighted by Crippen LogP contribution is -2.24. The second-order valence-electron chi connectivity index (χ2n) is 3.98. The first-order valence-corrected chi connectivity index (χ1v) is 6.14. The van der Waals surface area contributed by atoms with Crippen LogP contribution >= 0.6 is 0 Å². The second kappa shape index (κ2) is 6.48. The van der Waals surface area contributed by atoms with Crippen LogP contribution in [-0.2, 0) is 6.54 Å². The molecule has 0 atom stereocenters. The van der Waals surface area contributed by atoms with Gasteiger partial charge in [0.15, 0.2) is 5.82 Å². The number of H-pyrrole nitrogens is 1. The molecule has 19 heavy (non-hydrogen) atoms. The van der Waals surface area contributed by atoms with Gasteiger partial charge in [0.25, 0.3) is 5.91 Å². The van der Waals surface area contributed by atoms with Crippen molar-refractivity contribution in [1.29, 1.82) is 0 Å². The molecule has 0 aliphatic heterocycles. The van der Waals surface area contributed by atoms with E-state index < -0.39 is 0 Å². The summed E-state index contributed by atoms with van der Waals surface area (Å²) in [6.07, 6.45) is 0.999. The molecule has 0 unspecified atom stereocenters. The van der Waals surface area contributed by atoms with Crippen LogP contribution in [-0.4, -0.2) is 33.1 Å². The Kier molecular flexibility index (Phi) is 4.44. The summed E-state index contributed by atoms with van der Waals surface area (Å²) in [5.74, 6) is 0.288. The smallest absolute Gasteiger partial charge is 0.253 e. The van der Waals surface area contributed by atoms with Gasteiger partial charge in [-0.2, -0.15) is 5.21 Å². The highest BCUT2D eigenvalue weighted by molar-refractivity contribution is 5.99. The summed E-state index contributed by atoms with van der Waals surface area (Å²) in [7, 11) is 0. The standard InChI is InChI=1S/C12H16N6O/c1-2-7-13-10-6-4-3-5-9(10)12(19)14-8-11-15-17-18-16-11/h3-6,13H,2,7-8H2,1H3,(H,14,19)(H,15,16,17,18). The van der Waals surface area contributed by atoms with Crippen LogP contribution in [0, 0.1) is 0 Å². The van der Waals surface area contributed by atoms with Crippen LogP contribution in [0.15, 0.2) is 24.3 Å². The van der Waals surface area contributed by atoms with E-state index in [1.807, 2.05) is 18.2 Å². The van der Waals surface area contributed by atoms with Gasteiger partial charge in [0.1, 0.15) is 0 Å². The summed E-state index contributed by atoms with van der Waals surface area (Å²) in [6, 6.07) is 7.40. The molecule has 7 nitrogen and oxygen atoms in total. The predicted molar refractivity (Wildman–Crippen MR) is 70.6 cm³/mol. The number of hydrogen-bond donors (Lipinski definition) is 3. The zero-order valence-electron chi connectivity index (χ0n) is 10.7. The van der Waals surface area contributed by atoms with Gasteiger partial charge < -0.3 is 10.6 Å². The van der Waals surface area contributed by atoms with Crippen molar-refractivity contribution in [3.8, 4) is 0 Å². The van der Waals surface area contributed by atoms with E-state index in [0.29, 0.717) is 11.4 Å². The number of nitrogens with one attached hydrogen (secondary N) is 3. The fraction of sp³-hybridized carbons (Fsp3) is 0.333. The van der Waals surface area contributed by atoms with Crippen LogP contribution in [0.2, 0.25) is 0 Å². The molecule has 2 aromatic rings. The number of carbonyl (C=O) groups excluding carboxylic acids is 1. The maximum Gasteiger partial charge on any atom is 0.253 e. The third kappa shape index (κ3) is 3.51. The molecule has 0 aliphatic carbocycles. The zero-order valence-corrected chi connectivity index (χ0v) is 10.7. The molecule has 0 radical (unpaired) electrons. The molecule has 2 rings (SSSR count). The Morgan fingerprint density at radius 2 is 2.21 bits per heavy atom. The molecular formula is C12H16N6O. The van der Waals surface area contributed by atoms with Crippen molar-refractivity contribution in [2.24, 2.45) is 0 Å². The van der Waals surface area contributed by atoms with Crippen molar-refractivity contribution in [2.75, 3.05) is 11.9 Å². The normalized spacial score (nSPS) is 10.2. The molecule has 1 aromatic carbocycles. The Bertz CT molecular complexity index is 525. The minimum atomic E-state index is -0.163. The first kappa shape index (κ1) is 13.0. The van der Waals surface area contributed by atoms with Crippen LogP contribution in [0.5, 0.6) is 0 Å². The topological polar surface area (TPSA) is 95.6 Å². The highest BCUT2D eigenvalue weighted by atomic mass is 16.1. The lowest BCUT2D eigenvalue weighted by atomic mass is 10.1. The number of amides is 1. The Morgan fingerprint density at radius 1 is 1.37 bits per heavy atom. The van der Waals surface area contributed by atoms with Gasteiger partial charge in [-0.3, -0.25) is 4.79 Å². The monoisotopic (exact) mass is 260 g/mol. The average molecular weight is 260 g/mol. The van der Waals surface area contributed by atoms with Crippen molar-refractivity contribution in [1.82, 2.24) is 25.9 Å². The largest absolute Gasteiger partial charge is 0.384 e. The van der Waals surface area contributed by atoms with Gasteiger partial charge in [0.2, 0.25) is 0 Å². The van der Waals surface area contributed by atoms with Crippen molar-refractivity contribution >= 4 is 11.6 Å². The van der Waals surface area contributed by atoms with E-state index in [1.54, 1.807) is 6.07 Å². The zero-order chi connectivity index (χ0) is 13.5. The first-order valence-electron chi connectivity index (χ1n) is 6.14. The summed E-state index contributed by atoms with van der Waals surface area (Å²) in [5.41, 5.74) is 1.44. The van der Waals surface area contributed by atoms with E-state index in [4.69, 9.17) is 0 Å². The van der Waals surface area contributed by atoms with Crippen LogP contribution in [0.3, 0.4) is 0 Å². The van der Waals surface area contributed by atoms with Gasteiger partial charge in [-0.25, -0.2) is 0 Å². The fourth-order valence-corrected chi connectivity index (χ4v) is 1.61. The van der Waals surface area contributed by atoms with E-state index in [0.717, 1.165) is 18.7 Å². The molecule has 1 heterocycles. The summed E-state index contributed by atoms with van der Waals surface area (Å²) in [4.78, 5) is 12.1. The number of aromatic amines is 1. The van der Waals surface area contributed by atoms with Crippen LogP contribution in [0.4, 0.5) is 5.69 Å². The van der Waals surface area contributed by atoms with E-state index >= 15 is 0 Å². The number of anilines is 1. The molecule has 1 aromatic heterocycles. The van der Waals surface area contributed by atoms with Crippen molar-refractivity contribution in [3.63, 3.8) is 0 Å². The summed E-state index contributed by atoms with van der Waals surface area (Å²) >= 11 is 0. The molecular weight excluding hydrogens is 244 g/mol. The van der Waals surface area contributed by atoms with Crippen molar-refractivity contribution < 1.29 is 4.79 Å². The number of tetrazole rings is 1. The quantitative estimate of drug-likeness (QED) is 0.718. The number of aromatic nitrogens is 4. The first-order chi connectivity index (χ1) is 9.31. The number of rotatable bonds is 6. The third-order valence-corrected chi connectivity index (χ3v) is 2.53. The number of benzene rings is 1. The SMILES string of the molecule is CCCNc1ccccc1C(=O)NCc1nn[nH]n1. The van der Waals surface area contributed by atoms with Crippen molar-refractivity contribution in [3.05, 3.63) is 35.7 Å². The fourth-order valence-electron chi connectivity index (χ4n) is 1.61. The van der Waals surface area contributed by atoms with Gasteiger partial charge in [0, 0.05) is 12.2 Å². The molecule has 0 aliphatic rings. The van der Waals surface area contributed by atoms with Gasteiger partial charge in [0.05, 0.1) is 12.1 Å². The molecule has 0 bridgehead atoms. The van der Waals surface area contributed by atoms with E-state index in [1.165, 1.54) is 0 Å². The number of hydrogen-bond acceptors (Lipinski definition) is 5. The number of nitrogens with zero attached hydrogens (tertiary/aromatic N) is 3. The summed E-state index contributed by atoms with van der Waals surface area (Å²) < 4.78 is 0. The molecule has 0 spiro atoms. The molecule has 0 saturated heterocycles. The van der Waals surface area contributed by atoms with Gasteiger partial charge >= 0.3 is 0 Å². The lowest BCUT2D eigenvalue weighted by molar-refractivity contribution is 0.0950. The minimum Gasteiger partial charge on any atom is -0.384 e. The Hall–Kier alpha value is -2.44. The maximum absolute atomic E-state index is 12.1.